The van der Waals surface area contributed by atoms with Crippen molar-refractivity contribution < 1.29 is 5.11 Å². The van der Waals surface area contributed by atoms with E-state index in [1.54, 1.807) is 0 Å². The molecular weight excluding hydrogens is 224 g/mol. The quantitative estimate of drug-likeness (QED) is 0.838. The molecule has 3 nitrogen and oxygen atoms in total. The van der Waals surface area contributed by atoms with Crippen LogP contribution in [-0.2, 0) is 6.42 Å². The second kappa shape index (κ2) is 6.32. The second-order valence-corrected chi connectivity index (χ2v) is 5.40. The van der Waals surface area contributed by atoms with E-state index < -0.39 is 0 Å². The van der Waals surface area contributed by atoms with Gasteiger partial charge in [-0.1, -0.05) is 29.3 Å². The lowest BCUT2D eigenvalue weighted by Crippen LogP contribution is -2.46. The zero-order chi connectivity index (χ0) is 13.0. The van der Waals surface area contributed by atoms with Gasteiger partial charge >= 0.3 is 0 Å². The van der Waals surface area contributed by atoms with E-state index in [0.717, 1.165) is 39.1 Å². The highest BCUT2D eigenvalue weighted by Gasteiger charge is 2.14. The van der Waals surface area contributed by atoms with Crippen LogP contribution in [0, 0.1) is 13.8 Å². The van der Waals surface area contributed by atoms with E-state index in [2.05, 4.69) is 42.3 Å². The van der Waals surface area contributed by atoms with Gasteiger partial charge in [0.15, 0.2) is 0 Å². The van der Waals surface area contributed by atoms with Crippen LogP contribution < -0.4 is 5.32 Å². The minimum Gasteiger partial charge on any atom is -0.391 e. The van der Waals surface area contributed by atoms with Crippen molar-refractivity contribution in [3.05, 3.63) is 34.9 Å². The van der Waals surface area contributed by atoms with Gasteiger partial charge in [0.1, 0.15) is 0 Å². The zero-order valence-corrected chi connectivity index (χ0v) is 11.4. The van der Waals surface area contributed by atoms with Gasteiger partial charge in [0.2, 0.25) is 0 Å². The standard InChI is InChI=1S/C15H24N2O/c1-12-7-13(2)9-14(8-12)10-15(18)11-17-5-3-16-4-6-17/h7-9,15-16,18H,3-6,10-11H2,1-2H3. The highest BCUT2D eigenvalue weighted by atomic mass is 16.3. The Labute approximate surface area is 110 Å². The highest BCUT2D eigenvalue weighted by Crippen LogP contribution is 2.11. The molecule has 1 fully saturated rings. The monoisotopic (exact) mass is 248 g/mol. The third-order valence-electron chi connectivity index (χ3n) is 3.43. The molecule has 1 saturated heterocycles. The molecule has 2 rings (SSSR count). The van der Waals surface area contributed by atoms with E-state index in [9.17, 15) is 5.11 Å². The van der Waals surface area contributed by atoms with Crippen molar-refractivity contribution in [3.63, 3.8) is 0 Å². The fourth-order valence-corrected chi connectivity index (χ4v) is 2.72. The van der Waals surface area contributed by atoms with Crippen LogP contribution in [0.25, 0.3) is 0 Å². The topological polar surface area (TPSA) is 35.5 Å². The maximum Gasteiger partial charge on any atom is 0.0707 e. The van der Waals surface area contributed by atoms with E-state index in [-0.39, 0.29) is 6.10 Å². The van der Waals surface area contributed by atoms with E-state index >= 15 is 0 Å². The van der Waals surface area contributed by atoms with Gasteiger partial charge in [-0.25, -0.2) is 0 Å². The number of β-amino-alcohol motifs (C(OH)–C–C–N with tert-alkyl or cyclic N) is 1. The van der Waals surface area contributed by atoms with Gasteiger partial charge < -0.3 is 10.4 Å². The predicted molar refractivity (Wildman–Crippen MR) is 74.9 cm³/mol. The average Bonchev–Trinajstić information content (AvgIpc) is 2.28. The van der Waals surface area contributed by atoms with Gasteiger partial charge in [0.25, 0.3) is 0 Å². The first-order valence-electron chi connectivity index (χ1n) is 6.82. The SMILES string of the molecule is Cc1cc(C)cc(CC(O)CN2CCNCC2)c1. The zero-order valence-electron chi connectivity index (χ0n) is 11.4. The van der Waals surface area contributed by atoms with Crippen LogP contribution >= 0.6 is 0 Å². The maximum atomic E-state index is 10.2. The average molecular weight is 248 g/mol. The van der Waals surface area contributed by atoms with Crippen molar-refractivity contribution >= 4 is 0 Å². The Morgan fingerprint density at radius 2 is 1.78 bits per heavy atom. The number of aliphatic hydroxyl groups excluding tert-OH is 1. The Morgan fingerprint density at radius 3 is 2.39 bits per heavy atom. The van der Waals surface area contributed by atoms with Crippen LogP contribution in [0.5, 0.6) is 0 Å². The summed E-state index contributed by atoms with van der Waals surface area (Å²) in [6.07, 6.45) is 0.496. The van der Waals surface area contributed by atoms with Gasteiger partial charge in [-0.2, -0.15) is 0 Å². The molecule has 1 aliphatic rings. The van der Waals surface area contributed by atoms with Gasteiger partial charge in [-0.3, -0.25) is 4.90 Å². The molecule has 1 heterocycles. The summed E-state index contributed by atoms with van der Waals surface area (Å²) in [7, 11) is 0. The maximum absolute atomic E-state index is 10.2. The molecule has 2 N–H and O–H groups in total. The molecule has 0 spiro atoms. The lowest BCUT2D eigenvalue weighted by molar-refractivity contribution is 0.105. The smallest absolute Gasteiger partial charge is 0.0707 e. The second-order valence-electron chi connectivity index (χ2n) is 5.40. The van der Waals surface area contributed by atoms with E-state index in [1.165, 1.54) is 16.7 Å². The largest absolute Gasteiger partial charge is 0.391 e. The summed E-state index contributed by atoms with van der Waals surface area (Å²) in [5.74, 6) is 0. The summed E-state index contributed by atoms with van der Waals surface area (Å²) in [6.45, 7) is 9.17. The summed E-state index contributed by atoms with van der Waals surface area (Å²) in [4.78, 5) is 2.34. The van der Waals surface area contributed by atoms with Gasteiger partial charge in [0, 0.05) is 32.7 Å². The molecule has 0 saturated carbocycles. The first kappa shape index (κ1) is 13.5. The third kappa shape index (κ3) is 4.09. The highest BCUT2D eigenvalue weighted by molar-refractivity contribution is 5.28. The number of piperazine rings is 1. The number of nitrogens with zero attached hydrogens (tertiary/aromatic N) is 1. The Kier molecular flexibility index (Phi) is 4.75. The third-order valence-corrected chi connectivity index (χ3v) is 3.43. The summed E-state index contributed by atoms with van der Waals surface area (Å²) in [6, 6.07) is 6.52. The minimum atomic E-state index is -0.260. The Hall–Kier alpha value is -0.900. The van der Waals surface area contributed by atoms with Crippen LogP contribution in [-0.4, -0.2) is 48.8 Å². The molecule has 1 aromatic carbocycles. The molecule has 0 aromatic heterocycles. The van der Waals surface area contributed by atoms with Gasteiger partial charge in [-0.05, 0) is 25.8 Å². The lowest BCUT2D eigenvalue weighted by atomic mass is 10.0. The van der Waals surface area contributed by atoms with Crippen molar-refractivity contribution in [2.45, 2.75) is 26.4 Å². The van der Waals surface area contributed by atoms with Crippen LogP contribution in [0.3, 0.4) is 0 Å². The van der Waals surface area contributed by atoms with Gasteiger partial charge in [0.05, 0.1) is 6.10 Å². The van der Waals surface area contributed by atoms with E-state index in [1.807, 2.05) is 0 Å². The van der Waals surface area contributed by atoms with E-state index in [0.29, 0.717) is 0 Å². The first-order valence-corrected chi connectivity index (χ1v) is 6.82. The molecule has 0 radical (unpaired) electrons. The molecule has 1 atom stereocenters. The lowest BCUT2D eigenvalue weighted by Gasteiger charge is -2.29. The Bertz CT molecular complexity index is 366. The van der Waals surface area contributed by atoms with Gasteiger partial charge in [-0.15, -0.1) is 0 Å². The summed E-state index contributed by atoms with van der Waals surface area (Å²) in [5.41, 5.74) is 3.80. The number of aliphatic hydroxyl groups is 1. The van der Waals surface area contributed by atoms with Crippen LogP contribution in [0.1, 0.15) is 16.7 Å². The summed E-state index contributed by atoms with van der Waals surface area (Å²) < 4.78 is 0. The number of aryl methyl sites for hydroxylation is 2. The molecule has 0 aliphatic carbocycles. The van der Waals surface area contributed by atoms with Crippen molar-refractivity contribution in [3.8, 4) is 0 Å². The molecule has 0 amide bonds. The van der Waals surface area contributed by atoms with Crippen molar-refractivity contribution in [2.75, 3.05) is 32.7 Å². The van der Waals surface area contributed by atoms with Crippen LogP contribution in [0.15, 0.2) is 18.2 Å². The van der Waals surface area contributed by atoms with Crippen molar-refractivity contribution in [1.82, 2.24) is 10.2 Å². The molecular formula is C15H24N2O. The van der Waals surface area contributed by atoms with Crippen LogP contribution in [0.4, 0.5) is 0 Å². The number of benzene rings is 1. The number of nitrogens with one attached hydrogen (secondary N) is 1. The fourth-order valence-electron chi connectivity index (χ4n) is 2.72. The van der Waals surface area contributed by atoms with Crippen molar-refractivity contribution in [2.24, 2.45) is 0 Å². The molecule has 100 valence electrons. The Morgan fingerprint density at radius 1 is 1.17 bits per heavy atom. The normalized spacial score (nSPS) is 18.8. The van der Waals surface area contributed by atoms with E-state index in [4.69, 9.17) is 0 Å². The predicted octanol–water partition coefficient (Wildman–Crippen LogP) is 1.11. The molecule has 1 aromatic rings. The molecule has 1 aliphatic heterocycles. The molecule has 18 heavy (non-hydrogen) atoms. The number of rotatable bonds is 4. The number of hydrogen-bond acceptors (Lipinski definition) is 3. The van der Waals surface area contributed by atoms with Crippen molar-refractivity contribution in [1.29, 1.82) is 0 Å². The minimum absolute atomic E-state index is 0.260. The summed E-state index contributed by atoms with van der Waals surface area (Å²) >= 11 is 0. The molecule has 1 unspecified atom stereocenters. The number of hydrogen-bond donors (Lipinski definition) is 2. The van der Waals surface area contributed by atoms with Crippen LogP contribution in [0.2, 0.25) is 0 Å². The Balaban J connectivity index is 1.87. The first-order chi connectivity index (χ1) is 8.63. The fraction of sp³-hybridized carbons (Fsp3) is 0.600. The molecule has 0 bridgehead atoms. The summed E-state index contributed by atoms with van der Waals surface area (Å²) in [5, 5.41) is 13.5. The molecule has 3 heteroatoms.